The van der Waals surface area contributed by atoms with Gasteiger partial charge in [0.1, 0.15) is 0 Å². The molecular formula is C17H25N3O. The van der Waals surface area contributed by atoms with Crippen LogP contribution in [-0.2, 0) is 11.8 Å². The van der Waals surface area contributed by atoms with E-state index in [2.05, 4.69) is 36.0 Å². The lowest BCUT2D eigenvalue weighted by atomic mass is 9.92. The lowest BCUT2D eigenvalue weighted by Gasteiger charge is -2.30. The predicted octanol–water partition coefficient (Wildman–Crippen LogP) is 3.06. The van der Waals surface area contributed by atoms with E-state index in [0.29, 0.717) is 5.91 Å². The summed E-state index contributed by atoms with van der Waals surface area (Å²) in [5, 5.41) is 4.53. The van der Waals surface area contributed by atoms with Crippen molar-refractivity contribution in [1.82, 2.24) is 14.7 Å². The fourth-order valence-electron chi connectivity index (χ4n) is 3.86. The van der Waals surface area contributed by atoms with Gasteiger partial charge in [-0.25, -0.2) is 0 Å². The van der Waals surface area contributed by atoms with Gasteiger partial charge in [-0.15, -0.1) is 0 Å². The zero-order chi connectivity index (χ0) is 15.0. The zero-order valence-electron chi connectivity index (χ0n) is 13.3. The number of carbonyl (C=O) groups is 1. The summed E-state index contributed by atoms with van der Waals surface area (Å²) in [4.78, 5) is 15.0. The normalized spacial score (nSPS) is 25.6. The van der Waals surface area contributed by atoms with Crippen molar-refractivity contribution in [2.45, 2.75) is 52.0 Å². The number of aromatic nitrogens is 2. The maximum Gasteiger partial charge on any atom is 0.226 e. The molecule has 1 aliphatic heterocycles. The molecule has 0 spiro atoms. The minimum Gasteiger partial charge on any atom is -0.335 e. The first-order valence-electron chi connectivity index (χ1n) is 8.05. The minimum absolute atomic E-state index is 0.188. The van der Waals surface area contributed by atoms with Crippen molar-refractivity contribution < 1.29 is 4.79 Å². The van der Waals surface area contributed by atoms with Crippen LogP contribution in [0, 0.1) is 19.8 Å². The van der Waals surface area contributed by atoms with Gasteiger partial charge in [0.15, 0.2) is 0 Å². The molecule has 0 unspecified atom stereocenters. The Bertz CT molecular complexity index is 573. The molecular weight excluding hydrogens is 262 g/mol. The number of amides is 1. The number of allylic oxidation sites excluding steroid dienone is 2. The minimum atomic E-state index is 0.188. The van der Waals surface area contributed by atoms with Crippen LogP contribution in [0.15, 0.2) is 12.2 Å². The van der Waals surface area contributed by atoms with E-state index in [9.17, 15) is 4.79 Å². The molecule has 0 bridgehead atoms. The van der Waals surface area contributed by atoms with Crippen LogP contribution in [0.1, 0.15) is 55.1 Å². The van der Waals surface area contributed by atoms with Gasteiger partial charge in [-0.2, -0.15) is 5.10 Å². The summed E-state index contributed by atoms with van der Waals surface area (Å²) in [5.74, 6) is 0.539. The van der Waals surface area contributed by atoms with Crippen LogP contribution in [0.4, 0.5) is 0 Å². The molecule has 1 aromatic rings. The summed E-state index contributed by atoms with van der Waals surface area (Å²) >= 11 is 0. The number of nitrogens with zero attached hydrogens (tertiary/aromatic N) is 3. The molecule has 3 rings (SSSR count). The highest BCUT2D eigenvalue weighted by Crippen LogP contribution is 2.37. The summed E-state index contributed by atoms with van der Waals surface area (Å²) in [6, 6.07) is 0.233. The quantitative estimate of drug-likeness (QED) is 0.784. The fraction of sp³-hybridized carbons (Fsp3) is 0.647. The monoisotopic (exact) mass is 287 g/mol. The number of hydrogen-bond donors (Lipinski definition) is 0. The van der Waals surface area contributed by atoms with Crippen LogP contribution in [0.2, 0.25) is 0 Å². The SMILES string of the molecule is Cc1nn(C)c(C)c1[C@@H]1CCCN1C(=O)[C@H]1CC=CCC1. The summed E-state index contributed by atoms with van der Waals surface area (Å²) in [7, 11) is 1.98. The van der Waals surface area contributed by atoms with E-state index in [-0.39, 0.29) is 12.0 Å². The Balaban J connectivity index is 1.85. The third-order valence-corrected chi connectivity index (χ3v) is 5.05. The smallest absolute Gasteiger partial charge is 0.226 e. The van der Waals surface area contributed by atoms with E-state index in [1.165, 1.54) is 11.3 Å². The van der Waals surface area contributed by atoms with Gasteiger partial charge >= 0.3 is 0 Å². The Morgan fingerprint density at radius 1 is 1.29 bits per heavy atom. The molecule has 2 atom stereocenters. The zero-order valence-corrected chi connectivity index (χ0v) is 13.3. The molecule has 114 valence electrons. The molecule has 21 heavy (non-hydrogen) atoms. The Morgan fingerprint density at radius 3 is 2.71 bits per heavy atom. The van der Waals surface area contributed by atoms with Gasteiger partial charge in [-0.1, -0.05) is 12.2 Å². The molecule has 0 N–H and O–H groups in total. The van der Waals surface area contributed by atoms with Crippen molar-refractivity contribution in [3.8, 4) is 0 Å². The Labute approximate surface area is 126 Å². The largest absolute Gasteiger partial charge is 0.335 e. The first-order valence-corrected chi connectivity index (χ1v) is 8.05. The maximum absolute atomic E-state index is 12.9. The van der Waals surface area contributed by atoms with Crippen LogP contribution in [-0.4, -0.2) is 27.1 Å². The van der Waals surface area contributed by atoms with Crippen molar-refractivity contribution in [2.24, 2.45) is 13.0 Å². The summed E-state index contributed by atoms with van der Waals surface area (Å²) in [6.45, 7) is 5.07. The first kappa shape index (κ1) is 14.4. The lowest BCUT2D eigenvalue weighted by molar-refractivity contribution is -0.136. The van der Waals surface area contributed by atoms with Crippen molar-refractivity contribution in [3.05, 3.63) is 29.1 Å². The van der Waals surface area contributed by atoms with Gasteiger partial charge in [0, 0.05) is 30.8 Å². The van der Waals surface area contributed by atoms with Crippen LogP contribution >= 0.6 is 0 Å². The Kier molecular flexibility index (Phi) is 3.87. The van der Waals surface area contributed by atoms with Crippen LogP contribution in [0.5, 0.6) is 0 Å². The highest BCUT2D eigenvalue weighted by molar-refractivity contribution is 5.80. The van der Waals surface area contributed by atoms with E-state index in [0.717, 1.165) is 44.3 Å². The molecule has 2 aliphatic rings. The van der Waals surface area contributed by atoms with E-state index < -0.39 is 0 Å². The molecule has 1 saturated heterocycles. The molecule has 1 aromatic heterocycles. The van der Waals surface area contributed by atoms with Gasteiger partial charge < -0.3 is 4.90 Å². The van der Waals surface area contributed by atoms with Gasteiger partial charge in [0.2, 0.25) is 5.91 Å². The average Bonchev–Trinajstić information content (AvgIpc) is 3.05. The average molecular weight is 287 g/mol. The summed E-state index contributed by atoms with van der Waals surface area (Å²) < 4.78 is 1.94. The van der Waals surface area contributed by atoms with Crippen LogP contribution in [0.3, 0.4) is 0 Å². The van der Waals surface area contributed by atoms with Crippen LogP contribution in [0.25, 0.3) is 0 Å². The second kappa shape index (κ2) is 5.66. The number of hydrogen-bond acceptors (Lipinski definition) is 2. The van der Waals surface area contributed by atoms with Gasteiger partial charge in [0.25, 0.3) is 0 Å². The fourth-order valence-corrected chi connectivity index (χ4v) is 3.86. The van der Waals surface area contributed by atoms with E-state index >= 15 is 0 Å². The second-order valence-electron chi connectivity index (χ2n) is 6.38. The Hall–Kier alpha value is -1.58. The summed E-state index contributed by atoms with van der Waals surface area (Å²) in [6.07, 6.45) is 9.49. The number of rotatable bonds is 2. The van der Waals surface area contributed by atoms with Gasteiger partial charge in [-0.3, -0.25) is 9.48 Å². The van der Waals surface area contributed by atoms with Gasteiger partial charge in [-0.05, 0) is 46.0 Å². The first-order chi connectivity index (χ1) is 10.1. The second-order valence-corrected chi connectivity index (χ2v) is 6.38. The molecule has 1 amide bonds. The molecule has 0 aromatic carbocycles. The van der Waals surface area contributed by atoms with Gasteiger partial charge in [0.05, 0.1) is 11.7 Å². The van der Waals surface area contributed by atoms with Crippen molar-refractivity contribution >= 4 is 5.91 Å². The predicted molar refractivity (Wildman–Crippen MR) is 82.9 cm³/mol. The molecule has 4 heteroatoms. The van der Waals surface area contributed by atoms with E-state index in [4.69, 9.17) is 0 Å². The Morgan fingerprint density at radius 2 is 2.10 bits per heavy atom. The van der Waals surface area contributed by atoms with E-state index in [1.807, 2.05) is 11.7 Å². The third-order valence-electron chi connectivity index (χ3n) is 5.05. The number of likely N-dealkylation sites (tertiary alicyclic amines) is 1. The molecule has 2 heterocycles. The van der Waals surface area contributed by atoms with Crippen molar-refractivity contribution in [2.75, 3.05) is 6.54 Å². The third kappa shape index (κ3) is 2.52. The van der Waals surface area contributed by atoms with Crippen molar-refractivity contribution in [1.29, 1.82) is 0 Å². The van der Waals surface area contributed by atoms with E-state index in [1.54, 1.807) is 0 Å². The highest BCUT2D eigenvalue weighted by Gasteiger charge is 2.36. The van der Waals surface area contributed by atoms with Crippen molar-refractivity contribution in [3.63, 3.8) is 0 Å². The molecule has 0 radical (unpaired) electrons. The molecule has 1 aliphatic carbocycles. The number of aryl methyl sites for hydroxylation is 2. The maximum atomic E-state index is 12.9. The number of carbonyl (C=O) groups excluding carboxylic acids is 1. The molecule has 1 fully saturated rings. The van der Waals surface area contributed by atoms with Crippen LogP contribution < -0.4 is 0 Å². The topological polar surface area (TPSA) is 38.1 Å². The standard InChI is InChI=1S/C17H25N3O/c1-12-16(13(2)19(3)18-12)15-10-7-11-20(15)17(21)14-8-5-4-6-9-14/h4-5,14-15H,6-11H2,1-3H3/t14-,15-/m0/s1. The highest BCUT2D eigenvalue weighted by atomic mass is 16.2. The lowest BCUT2D eigenvalue weighted by Crippen LogP contribution is -2.36. The molecule has 0 saturated carbocycles. The molecule has 4 nitrogen and oxygen atoms in total. The summed E-state index contributed by atoms with van der Waals surface area (Å²) in [5.41, 5.74) is 3.54.